The van der Waals surface area contributed by atoms with Gasteiger partial charge in [-0.15, -0.1) is 0 Å². The molecule has 0 heterocycles. The fraction of sp³-hybridized carbons (Fsp3) is 0.235. The quantitative estimate of drug-likeness (QED) is 0.161. The lowest BCUT2D eigenvalue weighted by atomic mass is 10.0. The van der Waals surface area contributed by atoms with Gasteiger partial charge in [0.15, 0.2) is 0 Å². The van der Waals surface area contributed by atoms with Gasteiger partial charge in [-0.3, -0.25) is 13.9 Å². The molecule has 236 valence electrons. The van der Waals surface area contributed by atoms with Crippen LogP contribution in [0.25, 0.3) is 0 Å². The lowest BCUT2D eigenvalue weighted by Gasteiger charge is -2.34. The first-order valence-electron chi connectivity index (χ1n) is 14.3. The van der Waals surface area contributed by atoms with Gasteiger partial charge < -0.3 is 10.2 Å². The van der Waals surface area contributed by atoms with E-state index in [4.69, 9.17) is 34.8 Å². The Labute approximate surface area is 279 Å². The van der Waals surface area contributed by atoms with Crippen LogP contribution in [-0.2, 0) is 32.6 Å². The zero-order chi connectivity index (χ0) is 32.6. The summed E-state index contributed by atoms with van der Waals surface area (Å²) in [7, 11) is -4.26. The van der Waals surface area contributed by atoms with Crippen molar-refractivity contribution < 1.29 is 18.0 Å². The van der Waals surface area contributed by atoms with Gasteiger partial charge in [-0.2, -0.15) is 0 Å². The van der Waals surface area contributed by atoms with Gasteiger partial charge in [-0.1, -0.05) is 115 Å². The predicted molar refractivity (Wildman–Crippen MR) is 181 cm³/mol. The summed E-state index contributed by atoms with van der Waals surface area (Å²) < 4.78 is 29.1. The van der Waals surface area contributed by atoms with Gasteiger partial charge in [-0.25, -0.2) is 8.42 Å². The smallest absolute Gasteiger partial charge is 0.264 e. The summed E-state index contributed by atoms with van der Waals surface area (Å²) in [4.78, 5) is 29.7. The van der Waals surface area contributed by atoms with Gasteiger partial charge in [-0.05, 0) is 53.4 Å². The molecule has 45 heavy (non-hydrogen) atoms. The van der Waals surface area contributed by atoms with Gasteiger partial charge in [0.1, 0.15) is 12.6 Å². The molecule has 0 bridgehead atoms. The van der Waals surface area contributed by atoms with Crippen molar-refractivity contribution in [3.05, 3.63) is 129 Å². The molecule has 4 aromatic carbocycles. The van der Waals surface area contributed by atoms with Crippen LogP contribution >= 0.6 is 34.8 Å². The van der Waals surface area contributed by atoms with E-state index in [0.29, 0.717) is 22.2 Å². The molecule has 0 radical (unpaired) electrons. The standard InChI is InChI=1S/C34H34Cl3N3O4S/c1-24(2)21-38-34(42)32(19-25-11-5-3-6-12-25)39(22-26-17-18-27(35)20-30(26)37)33(41)23-40(31-16-10-9-15-29(31)36)45(43,44)28-13-7-4-8-14-28/h3-18,20,24,32H,19,21-23H2,1-2H3,(H,38,42)/t32-/m1/s1. The topological polar surface area (TPSA) is 86.8 Å². The van der Waals surface area contributed by atoms with Crippen molar-refractivity contribution in [2.75, 3.05) is 17.4 Å². The van der Waals surface area contributed by atoms with Crippen LogP contribution in [0, 0.1) is 5.92 Å². The fourth-order valence-corrected chi connectivity index (χ4v) is 6.91. The summed E-state index contributed by atoms with van der Waals surface area (Å²) >= 11 is 19.2. The SMILES string of the molecule is CC(C)CNC(=O)[C@@H](Cc1ccccc1)N(Cc1ccc(Cl)cc1Cl)C(=O)CN(c1ccccc1Cl)S(=O)(=O)c1ccccc1. The molecule has 2 amide bonds. The Morgan fingerprint density at radius 2 is 1.42 bits per heavy atom. The van der Waals surface area contributed by atoms with E-state index in [1.165, 1.54) is 23.1 Å². The average molecular weight is 687 g/mol. The number of hydrogen-bond donors (Lipinski definition) is 1. The fourth-order valence-electron chi connectivity index (χ4n) is 4.70. The van der Waals surface area contributed by atoms with Crippen LogP contribution in [0.5, 0.6) is 0 Å². The van der Waals surface area contributed by atoms with E-state index in [1.807, 2.05) is 44.2 Å². The van der Waals surface area contributed by atoms with Crippen LogP contribution in [-0.4, -0.2) is 44.3 Å². The molecule has 0 unspecified atom stereocenters. The summed E-state index contributed by atoms with van der Waals surface area (Å²) in [5, 5.41) is 3.82. The molecule has 0 fully saturated rings. The molecule has 4 aromatic rings. The van der Waals surface area contributed by atoms with E-state index in [0.717, 1.165) is 9.87 Å². The summed E-state index contributed by atoms with van der Waals surface area (Å²) in [5.41, 5.74) is 1.49. The Bertz CT molecular complexity index is 1720. The van der Waals surface area contributed by atoms with Gasteiger partial charge >= 0.3 is 0 Å². The van der Waals surface area contributed by atoms with Crippen LogP contribution in [0.3, 0.4) is 0 Å². The van der Waals surface area contributed by atoms with Crippen molar-refractivity contribution in [1.82, 2.24) is 10.2 Å². The lowest BCUT2D eigenvalue weighted by molar-refractivity contribution is -0.140. The molecule has 0 spiro atoms. The minimum atomic E-state index is -4.26. The van der Waals surface area contributed by atoms with Crippen molar-refractivity contribution in [1.29, 1.82) is 0 Å². The van der Waals surface area contributed by atoms with Gasteiger partial charge in [0.05, 0.1) is 15.6 Å². The van der Waals surface area contributed by atoms with E-state index in [1.54, 1.807) is 54.6 Å². The highest BCUT2D eigenvalue weighted by atomic mass is 35.5. The largest absolute Gasteiger partial charge is 0.354 e. The molecular formula is C34H34Cl3N3O4S. The number of sulfonamides is 1. The maximum Gasteiger partial charge on any atom is 0.264 e. The first-order valence-corrected chi connectivity index (χ1v) is 16.9. The molecule has 0 aliphatic heterocycles. The van der Waals surface area contributed by atoms with Gasteiger partial charge in [0.25, 0.3) is 10.0 Å². The number of carbonyl (C=O) groups excluding carboxylic acids is 2. The van der Waals surface area contributed by atoms with Crippen molar-refractivity contribution in [3.8, 4) is 0 Å². The van der Waals surface area contributed by atoms with E-state index in [2.05, 4.69) is 5.32 Å². The molecule has 4 rings (SSSR count). The number of carbonyl (C=O) groups is 2. The van der Waals surface area contributed by atoms with E-state index < -0.39 is 28.5 Å². The minimum absolute atomic E-state index is 0.0134. The number of halogens is 3. The van der Waals surface area contributed by atoms with Crippen molar-refractivity contribution in [3.63, 3.8) is 0 Å². The zero-order valence-corrected chi connectivity index (χ0v) is 28.0. The molecule has 0 aliphatic rings. The summed E-state index contributed by atoms with van der Waals surface area (Å²) in [5.74, 6) is -0.838. The second kappa shape index (κ2) is 15.6. The van der Waals surface area contributed by atoms with Gasteiger partial charge in [0.2, 0.25) is 11.8 Å². The number of nitrogens with zero attached hydrogens (tertiary/aromatic N) is 2. The van der Waals surface area contributed by atoms with Crippen molar-refractivity contribution in [2.45, 2.75) is 37.8 Å². The molecule has 0 saturated heterocycles. The molecule has 7 nitrogen and oxygen atoms in total. The van der Waals surface area contributed by atoms with Crippen molar-refractivity contribution in [2.24, 2.45) is 5.92 Å². The summed E-state index contributed by atoms with van der Waals surface area (Å²) in [6, 6.07) is 27.4. The highest BCUT2D eigenvalue weighted by Gasteiger charge is 2.35. The molecule has 0 saturated carbocycles. The number of nitrogens with one attached hydrogen (secondary N) is 1. The summed E-state index contributed by atoms with van der Waals surface area (Å²) in [6.07, 6.45) is 0.180. The van der Waals surface area contributed by atoms with E-state index in [9.17, 15) is 18.0 Å². The van der Waals surface area contributed by atoms with Crippen LogP contribution in [0.15, 0.2) is 108 Å². The zero-order valence-electron chi connectivity index (χ0n) is 24.9. The monoisotopic (exact) mass is 685 g/mol. The minimum Gasteiger partial charge on any atom is -0.354 e. The highest BCUT2D eigenvalue weighted by Crippen LogP contribution is 2.31. The highest BCUT2D eigenvalue weighted by molar-refractivity contribution is 7.92. The van der Waals surface area contributed by atoms with Crippen LogP contribution < -0.4 is 9.62 Å². The molecule has 11 heteroatoms. The first-order chi connectivity index (χ1) is 21.5. The molecular weight excluding hydrogens is 653 g/mol. The van der Waals surface area contributed by atoms with E-state index >= 15 is 0 Å². The number of amides is 2. The number of rotatable bonds is 13. The van der Waals surface area contributed by atoms with Crippen molar-refractivity contribution >= 4 is 62.3 Å². The Kier molecular flexibility index (Phi) is 11.9. The Morgan fingerprint density at radius 1 is 0.800 bits per heavy atom. The van der Waals surface area contributed by atoms with Crippen LogP contribution in [0.4, 0.5) is 5.69 Å². The molecule has 1 atom stereocenters. The predicted octanol–water partition coefficient (Wildman–Crippen LogP) is 7.25. The number of hydrogen-bond acceptors (Lipinski definition) is 4. The Morgan fingerprint density at radius 3 is 2.04 bits per heavy atom. The van der Waals surface area contributed by atoms with Crippen LogP contribution in [0.2, 0.25) is 15.1 Å². The second-order valence-corrected chi connectivity index (χ2v) is 14.0. The van der Waals surface area contributed by atoms with E-state index in [-0.39, 0.29) is 40.4 Å². The third-order valence-corrected chi connectivity index (χ3v) is 9.72. The average Bonchev–Trinajstić information content (AvgIpc) is 3.02. The second-order valence-electron chi connectivity index (χ2n) is 10.9. The third kappa shape index (κ3) is 9.01. The first kappa shape index (κ1) is 34.3. The normalized spacial score (nSPS) is 12.0. The Hall–Kier alpha value is -3.56. The van der Waals surface area contributed by atoms with Gasteiger partial charge in [0, 0.05) is 29.6 Å². The van der Waals surface area contributed by atoms with Crippen LogP contribution in [0.1, 0.15) is 25.0 Å². The molecule has 1 N–H and O–H groups in total. The maximum absolute atomic E-state index is 14.5. The number of anilines is 1. The molecule has 0 aliphatic carbocycles. The summed E-state index contributed by atoms with van der Waals surface area (Å²) in [6.45, 7) is 3.62. The Balaban J connectivity index is 1.82. The maximum atomic E-state index is 14.5. The lowest BCUT2D eigenvalue weighted by Crippen LogP contribution is -2.53. The number of para-hydroxylation sites is 1. The number of benzene rings is 4. The third-order valence-electron chi connectivity index (χ3n) is 7.04. The molecule has 0 aromatic heterocycles.